The standard InChI is InChI=1S/C23H30N2O4S2/c1-18-7-13-22(14-8-18)31(27,28)25(19-9-11-20(29-2)12-10-19)17-23(26)24-15-16-30-21-5-3-4-6-21/h7-14,21H,3-6,15-17H2,1-2H3,(H,24,26). The van der Waals surface area contributed by atoms with Gasteiger partial charge in [0, 0.05) is 17.5 Å². The Hall–Kier alpha value is -2.19. The first-order chi connectivity index (χ1) is 14.9. The highest BCUT2D eigenvalue weighted by atomic mass is 32.2. The third-order valence-electron chi connectivity index (χ3n) is 5.34. The molecule has 3 rings (SSSR count). The second-order valence-electron chi connectivity index (χ2n) is 7.65. The Morgan fingerprint density at radius 1 is 1.10 bits per heavy atom. The number of amides is 1. The van der Waals surface area contributed by atoms with Crippen molar-refractivity contribution in [3.63, 3.8) is 0 Å². The van der Waals surface area contributed by atoms with Gasteiger partial charge in [-0.2, -0.15) is 11.8 Å². The minimum absolute atomic E-state index is 0.151. The molecule has 0 unspecified atom stereocenters. The number of methoxy groups -OCH3 is 1. The normalized spacial score (nSPS) is 14.4. The Morgan fingerprint density at radius 2 is 1.74 bits per heavy atom. The second kappa shape index (κ2) is 10.9. The van der Waals surface area contributed by atoms with E-state index >= 15 is 0 Å². The summed E-state index contributed by atoms with van der Waals surface area (Å²) in [5.74, 6) is 1.13. The van der Waals surface area contributed by atoms with E-state index in [4.69, 9.17) is 4.74 Å². The monoisotopic (exact) mass is 462 g/mol. The van der Waals surface area contributed by atoms with E-state index in [1.165, 1.54) is 25.7 Å². The van der Waals surface area contributed by atoms with Crippen LogP contribution in [0.2, 0.25) is 0 Å². The Bertz CT molecular complexity index is 954. The molecule has 1 N–H and O–H groups in total. The maximum Gasteiger partial charge on any atom is 0.264 e. The van der Waals surface area contributed by atoms with Gasteiger partial charge in [0.15, 0.2) is 0 Å². The predicted octanol–water partition coefficient (Wildman–Crippen LogP) is 3.99. The number of aryl methyl sites for hydroxylation is 1. The lowest BCUT2D eigenvalue weighted by atomic mass is 10.2. The Morgan fingerprint density at radius 3 is 2.35 bits per heavy atom. The molecule has 6 nitrogen and oxygen atoms in total. The second-order valence-corrected chi connectivity index (χ2v) is 10.9. The molecule has 2 aromatic carbocycles. The molecule has 1 fully saturated rings. The Kier molecular flexibility index (Phi) is 8.26. The number of thioether (sulfide) groups is 1. The number of hydrogen-bond acceptors (Lipinski definition) is 5. The minimum atomic E-state index is -3.90. The van der Waals surface area contributed by atoms with Crippen molar-refractivity contribution in [2.24, 2.45) is 0 Å². The van der Waals surface area contributed by atoms with Crippen molar-refractivity contribution < 1.29 is 17.9 Å². The highest BCUT2D eigenvalue weighted by Gasteiger charge is 2.27. The van der Waals surface area contributed by atoms with Gasteiger partial charge in [-0.25, -0.2) is 8.42 Å². The molecule has 0 radical (unpaired) electrons. The van der Waals surface area contributed by atoms with Gasteiger partial charge >= 0.3 is 0 Å². The minimum Gasteiger partial charge on any atom is -0.497 e. The average Bonchev–Trinajstić information content (AvgIpc) is 3.29. The van der Waals surface area contributed by atoms with E-state index in [0.29, 0.717) is 23.2 Å². The van der Waals surface area contributed by atoms with Crippen LogP contribution < -0.4 is 14.4 Å². The topological polar surface area (TPSA) is 75.7 Å². The van der Waals surface area contributed by atoms with E-state index in [0.717, 1.165) is 15.6 Å². The highest BCUT2D eigenvalue weighted by molar-refractivity contribution is 7.99. The van der Waals surface area contributed by atoms with Gasteiger partial charge in [-0.3, -0.25) is 9.10 Å². The molecule has 0 heterocycles. The third kappa shape index (κ3) is 6.40. The predicted molar refractivity (Wildman–Crippen MR) is 126 cm³/mol. The van der Waals surface area contributed by atoms with E-state index in [9.17, 15) is 13.2 Å². The van der Waals surface area contributed by atoms with Crippen molar-refractivity contribution >= 4 is 33.4 Å². The molecule has 0 bridgehead atoms. The zero-order chi connectivity index (χ0) is 22.3. The summed E-state index contributed by atoms with van der Waals surface area (Å²) in [4.78, 5) is 12.8. The summed E-state index contributed by atoms with van der Waals surface area (Å²) in [5.41, 5.74) is 1.38. The molecule has 1 aliphatic rings. The van der Waals surface area contributed by atoms with E-state index in [1.807, 2.05) is 18.7 Å². The fraction of sp³-hybridized carbons (Fsp3) is 0.435. The van der Waals surface area contributed by atoms with E-state index in [2.05, 4.69) is 5.32 Å². The van der Waals surface area contributed by atoms with Crippen molar-refractivity contribution in [1.29, 1.82) is 0 Å². The van der Waals surface area contributed by atoms with Crippen LogP contribution in [0, 0.1) is 6.92 Å². The van der Waals surface area contributed by atoms with Crippen molar-refractivity contribution in [3.8, 4) is 5.75 Å². The number of benzene rings is 2. The summed E-state index contributed by atoms with van der Waals surface area (Å²) in [6.07, 6.45) is 5.08. The molecule has 0 aromatic heterocycles. The maximum atomic E-state index is 13.3. The first-order valence-electron chi connectivity index (χ1n) is 10.5. The average molecular weight is 463 g/mol. The van der Waals surface area contributed by atoms with Gasteiger partial charge in [0.1, 0.15) is 12.3 Å². The molecule has 1 aliphatic carbocycles. The number of hydrogen-bond donors (Lipinski definition) is 1. The van der Waals surface area contributed by atoms with E-state index in [1.54, 1.807) is 55.6 Å². The lowest BCUT2D eigenvalue weighted by Gasteiger charge is -2.24. The van der Waals surface area contributed by atoms with E-state index in [-0.39, 0.29) is 17.3 Å². The number of ether oxygens (including phenoxy) is 1. The van der Waals surface area contributed by atoms with Gasteiger partial charge in [-0.1, -0.05) is 30.5 Å². The molecule has 0 atom stereocenters. The van der Waals surface area contributed by atoms with Crippen molar-refractivity contribution in [2.45, 2.75) is 42.8 Å². The fourth-order valence-electron chi connectivity index (χ4n) is 3.56. The maximum absolute atomic E-state index is 13.3. The van der Waals surface area contributed by atoms with Crippen molar-refractivity contribution in [3.05, 3.63) is 54.1 Å². The number of rotatable bonds is 10. The van der Waals surface area contributed by atoms with Crippen molar-refractivity contribution in [2.75, 3.05) is 30.3 Å². The van der Waals surface area contributed by atoms with Crippen LogP contribution in [0.4, 0.5) is 5.69 Å². The lowest BCUT2D eigenvalue weighted by Crippen LogP contribution is -2.41. The number of anilines is 1. The summed E-state index contributed by atoms with van der Waals surface area (Å²) in [5, 5.41) is 3.56. The molecule has 1 amide bonds. The molecule has 0 saturated heterocycles. The highest BCUT2D eigenvalue weighted by Crippen LogP contribution is 2.29. The van der Waals surface area contributed by atoms with Gasteiger partial charge in [0.2, 0.25) is 5.91 Å². The van der Waals surface area contributed by atoms with Crippen molar-refractivity contribution in [1.82, 2.24) is 5.32 Å². The SMILES string of the molecule is COc1ccc(N(CC(=O)NCCSC2CCCC2)S(=O)(=O)c2ccc(C)cc2)cc1. The quantitative estimate of drug-likeness (QED) is 0.541. The van der Waals surface area contributed by atoms with Crippen LogP contribution in [-0.4, -0.2) is 45.5 Å². The largest absolute Gasteiger partial charge is 0.497 e. The zero-order valence-corrected chi connectivity index (χ0v) is 19.7. The van der Waals surface area contributed by atoms with Crippen LogP contribution in [0.25, 0.3) is 0 Å². The van der Waals surface area contributed by atoms with Gasteiger partial charge in [0.05, 0.1) is 17.7 Å². The van der Waals surface area contributed by atoms with Gasteiger partial charge in [0.25, 0.3) is 10.0 Å². The first kappa shape index (κ1) is 23.5. The molecular formula is C23H30N2O4S2. The molecule has 0 spiro atoms. The molecular weight excluding hydrogens is 432 g/mol. The van der Waals surface area contributed by atoms with Gasteiger partial charge < -0.3 is 10.1 Å². The summed E-state index contributed by atoms with van der Waals surface area (Å²) >= 11 is 1.89. The van der Waals surface area contributed by atoms with Crippen LogP contribution in [0.5, 0.6) is 5.75 Å². The molecule has 0 aliphatic heterocycles. The smallest absolute Gasteiger partial charge is 0.264 e. The fourth-order valence-corrected chi connectivity index (χ4v) is 6.20. The van der Waals surface area contributed by atoms with Crippen LogP contribution in [-0.2, 0) is 14.8 Å². The third-order valence-corrected chi connectivity index (χ3v) is 8.51. The number of nitrogens with one attached hydrogen (secondary N) is 1. The zero-order valence-electron chi connectivity index (χ0n) is 18.0. The molecule has 168 valence electrons. The van der Waals surface area contributed by atoms with Crippen LogP contribution in [0.3, 0.4) is 0 Å². The number of carbonyl (C=O) groups excluding carboxylic acids is 1. The number of sulfonamides is 1. The molecule has 1 saturated carbocycles. The first-order valence-corrected chi connectivity index (χ1v) is 13.0. The number of nitrogens with zero attached hydrogens (tertiary/aromatic N) is 1. The molecule has 8 heteroatoms. The summed E-state index contributed by atoms with van der Waals surface area (Å²) in [6.45, 7) is 2.15. The van der Waals surface area contributed by atoms with Gasteiger partial charge in [-0.05, 0) is 56.2 Å². The molecule has 31 heavy (non-hydrogen) atoms. The Labute approximate surface area is 189 Å². The summed E-state index contributed by atoms with van der Waals surface area (Å²) in [7, 11) is -2.35. The summed E-state index contributed by atoms with van der Waals surface area (Å²) in [6, 6.07) is 13.3. The van der Waals surface area contributed by atoms with Gasteiger partial charge in [-0.15, -0.1) is 0 Å². The van der Waals surface area contributed by atoms with Crippen LogP contribution >= 0.6 is 11.8 Å². The lowest BCUT2D eigenvalue weighted by molar-refractivity contribution is -0.119. The number of carbonyl (C=O) groups is 1. The molecule has 2 aromatic rings. The summed E-state index contributed by atoms with van der Waals surface area (Å²) < 4.78 is 33.0. The van der Waals surface area contributed by atoms with Crippen LogP contribution in [0.15, 0.2) is 53.4 Å². The van der Waals surface area contributed by atoms with E-state index < -0.39 is 10.0 Å². The van der Waals surface area contributed by atoms with Crippen LogP contribution in [0.1, 0.15) is 31.2 Å². The Balaban J connectivity index is 1.71.